The number of sulfonamides is 1. The number of nitrogens with one attached hydrogen (secondary N) is 1. The molecule has 0 aliphatic rings. The van der Waals surface area contributed by atoms with Crippen LogP contribution in [0.25, 0.3) is 0 Å². The van der Waals surface area contributed by atoms with Crippen molar-refractivity contribution in [2.75, 3.05) is 13.1 Å². The summed E-state index contributed by atoms with van der Waals surface area (Å²) in [6.45, 7) is 7.53. The first kappa shape index (κ1) is 15.1. The second-order valence-corrected chi connectivity index (χ2v) is 6.57. The highest BCUT2D eigenvalue weighted by Crippen LogP contribution is 2.11. The van der Waals surface area contributed by atoms with Gasteiger partial charge in [0.2, 0.25) is 10.0 Å². The number of aromatic nitrogens is 2. The van der Waals surface area contributed by atoms with Gasteiger partial charge in [0.05, 0.1) is 12.7 Å². The molecular weight excluding hydrogens is 252 g/mol. The van der Waals surface area contributed by atoms with Gasteiger partial charge in [-0.25, -0.2) is 13.1 Å². The van der Waals surface area contributed by atoms with Gasteiger partial charge in [-0.2, -0.15) is 5.10 Å². The number of hydrogen-bond donors (Lipinski definition) is 2. The van der Waals surface area contributed by atoms with Crippen LogP contribution in [0.4, 0.5) is 0 Å². The van der Waals surface area contributed by atoms with E-state index in [-0.39, 0.29) is 4.90 Å². The SMILES string of the molecule is CC(C)C(C)CNS(=O)(=O)c1cnn(CCN)c1. The lowest BCUT2D eigenvalue weighted by Gasteiger charge is -2.15. The first-order chi connectivity index (χ1) is 8.36. The van der Waals surface area contributed by atoms with Crippen LogP contribution >= 0.6 is 0 Å². The highest BCUT2D eigenvalue weighted by atomic mass is 32.2. The molecule has 1 unspecified atom stereocenters. The van der Waals surface area contributed by atoms with Gasteiger partial charge < -0.3 is 5.73 Å². The van der Waals surface area contributed by atoms with E-state index in [1.54, 1.807) is 0 Å². The van der Waals surface area contributed by atoms with Crippen LogP contribution in [0.15, 0.2) is 17.3 Å². The van der Waals surface area contributed by atoms with Gasteiger partial charge in [-0.1, -0.05) is 20.8 Å². The Kier molecular flexibility index (Phi) is 5.30. The zero-order chi connectivity index (χ0) is 13.8. The van der Waals surface area contributed by atoms with Crippen molar-refractivity contribution in [1.29, 1.82) is 0 Å². The third kappa shape index (κ3) is 4.08. The Morgan fingerprint density at radius 1 is 1.44 bits per heavy atom. The van der Waals surface area contributed by atoms with Crippen molar-refractivity contribution in [3.05, 3.63) is 12.4 Å². The molecule has 0 saturated carbocycles. The van der Waals surface area contributed by atoms with E-state index in [1.807, 2.05) is 6.92 Å². The van der Waals surface area contributed by atoms with Crippen molar-refractivity contribution < 1.29 is 8.42 Å². The highest BCUT2D eigenvalue weighted by Gasteiger charge is 2.18. The van der Waals surface area contributed by atoms with E-state index < -0.39 is 10.0 Å². The smallest absolute Gasteiger partial charge is 0.243 e. The molecule has 0 amide bonds. The second-order valence-electron chi connectivity index (χ2n) is 4.80. The van der Waals surface area contributed by atoms with Gasteiger partial charge in [0.25, 0.3) is 0 Å². The van der Waals surface area contributed by atoms with Crippen LogP contribution in [-0.4, -0.2) is 31.3 Å². The molecule has 1 heterocycles. The molecule has 6 nitrogen and oxygen atoms in total. The quantitative estimate of drug-likeness (QED) is 0.753. The Bertz CT molecular complexity index is 467. The normalized spacial score (nSPS) is 14.1. The summed E-state index contributed by atoms with van der Waals surface area (Å²) in [5.41, 5.74) is 5.38. The molecule has 0 radical (unpaired) electrons. The largest absolute Gasteiger partial charge is 0.329 e. The molecule has 3 N–H and O–H groups in total. The Morgan fingerprint density at radius 2 is 2.11 bits per heavy atom. The average Bonchev–Trinajstić information content (AvgIpc) is 2.75. The van der Waals surface area contributed by atoms with Gasteiger partial charge in [-0.05, 0) is 11.8 Å². The number of hydrogen-bond acceptors (Lipinski definition) is 4. The summed E-state index contributed by atoms with van der Waals surface area (Å²) in [5, 5.41) is 3.95. The van der Waals surface area contributed by atoms with E-state index >= 15 is 0 Å². The molecule has 0 aliphatic heterocycles. The molecule has 1 atom stereocenters. The maximum Gasteiger partial charge on any atom is 0.243 e. The minimum absolute atomic E-state index is 0.187. The standard InChI is InChI=1S/C11H22N4O2S/c1-9(2)10(3)6-14-18(16,17)11-7-13-15(8-11)5-4-12/h7-10,14H,4-6,12H2,1-3H3. The van der Waals surface area contributed by atoms with Crippen LogP contribution < -0.4 is 10.5 Å². The van der Waals surface area contributed by atoms with Crippen LogP contribution in [0.5, 0.6) is 0 Å². The van der Waals surface area contributed by atoms with Crippen LogP contribution in [0.3, 0.4) is 0 Å². The molecule has 1 rings (SSSR count). The zero-order valence-electron chi connectivity index (χ0n) is 11.1. The summed E-state index contributed by atoms with van der Waals surface area (Å²) in [6.07, 6.45) is 2.84. The number of rotatable bonds is 7. The number of nitrogens with two attached hydrogens (primary N) is 1. The third-order valence-electron chi connectivity index (χ3n) is 3.01. The van der Waals surface area contributed by atoms with Crippen molar-refractivity contribution >= 4 is 10.0 Å². The first-order valence-corrected chi connectivity index (χ1v) is 7.57. The van der Waals surface area contributed by atoms with Crippen LogP contribution in [-0.2, 0) is 16.6 Å². The lowest BCUT2D eigenvalue weighted by Crippen LogP contribution is -2.30. The predicted molar refractivity (Wildman–Crippen MR) is 70.5 cm³/mol. The molecule has 0 bridgehead atoms. The van der Waals surface area contributed by atoms with E-state index in [2.05, 4.69) is 23.7 Å². The maximum absolute atomic E-state index is 12.0. The molecule has 1 aromatic heterocycles. The molecule has 7 heteroatoms. The zero-order valence-corrected chi connectivity index (χ0v) is 11.9. The van der Waals surface area contributed by atoms with Crippen LogP contribution in [0.2, 0.25) is 0 Å². The summed E-state index contributed by atoms with van der Waals surface area (Å²) >= 11 is 0. The summed E-state index contributed by atoms with van der Waals surface area (Å²) in [7, 11) is -3.46. The summed E-state index contributed by atoms with van der Waals surface area (Å²) < 4.78 is 28.1. The van der Waals surface area contributed by atoms with E-state index in [0.717, 1.165) is 0 Å². The van der Waals surface area contributed by atoms with Crippen molar-refractivity contribution in [3.63, 3.8) is 0 Å². The Labute approximate surface area is 109 Å². The molecule has 0 spiro atoms. The van der Waals surface area contributed by atoms with Gasteiger partial charge >= 0.3 is 0 Å². The van der Waals surface area contributed by atoms with Gasteiger partial charge in [0.1, 0.15) is 4.90 Å². The Balaban J connectivity index is 2.68. The minimum Gasteiger partial charge on any atom is -0.329 e. The van der Waals surface area contributed by atoms with Gasteiger partial charge in [0, 0.05) is 19.3 Å². The van der Waals surface area contributed by atoms with Crippen molar-refractivity contribution in [1.82, 2.24) is 14.5 Å². The summed E-state index contributed by atoms with van der Waals surface area (Å²) in [4.78, 5) is 0.187. The molecule has 18 heavy (non-hydrogen) atoms. The topological polar surface area (TPSA) is 90.0 Å². The maximum atomic E-state index is 12.0. The second kappa shape index (κ2) is 6.31. The van der Waals surface area contributed by atoms with E-state index in [1.165, 1.54) is 17.1 Å². The number of nitrogens with zero attached hydrogens (tertiary/aromatic N) is 2. The molecule has 1 aromatic rings. The van der Waals surface area contributed by atoms with Gasteiger partial charge in [-0.3, -0.25) is 4.68 Å². The lowest BCUT2D eigenvalue weighted by atomic mass is 9.99. The van der Waals surface area contributed by atoms with Crippen LogP contribution in [0, 0.1) is 11.8 Å². The average molecular weight is 274 g/mol. The Hall–Kier alpha value is -0.920. The Morgan fingerprint density at radius 3 is 2.67 bits per heavy atom. The monoisotopic (exact) mass is 274 g/mol. The highest BCUT2D eigenvalue weighted by molar-refractivity contribution is 7.89. The first-order valence-electron chi connectivity index (χ1n) is 6.09. The van der Waals surface area contributed by atoms with E-state index in [0.29, 0.717) is 31.5 Å². The lowest BCUT2D eigenvalue weighted by molar-refractivity contribution is 0.414. The van der Waals surface area contributed by atoms with Crippen molar-refractivity contribution in [2.24, 2.45) is 17.6 Å². The molecule has 0 saturated heterocycles. The minimum atomic E-state index is -3.46. The third-order valence-corrected chi connectivity index (χ3v) is 4.39. The van der Waals surface area contributed by atoms with Crippen LogP contribution in [0.1, 0.15) is 20.8 Å². The fourth-order valence-corrected chi connectivity index (χ4v) is 2.39. The summed E-state index contributed by atoms with van der Waals surface area (Å²) in [6, 6.07) is 0. The molecule has 104 valence electrons. The molecule has 0 fully saturated rings. The van der Waals surface area contributed by atoms with E-state index in [4.69, 9.17) is 5.73 Å². The predicted octanol–water partition coefficient (Wildman–Crippen LogP) is 0.412. The molecular formula is C11H22N4O2S. The van der Waals surface area contributed by atoms with Crippen molar-refractivity contribution in [2.45, 2.75) is 32.2 Å². The van der Waals surface area contributed by atoms with E-state index in [9.17, 15) is 8.42 Å². The van der Waals surface area contributed by atoms with Gasteiger partial charge in [-0.15, -0.1) is 0 Å². The van der Waals surface area contributed by atoms with Crippen molar-refractivity contribution in [3.8, 4) is 0 Å². The fourth-order valence-electron chi connectivity index (χ4n) is 1.30. The molecule has 0 aromatic carbocycles. The summed E-state index contributed by atoms with van der Waals surface area (Å²) in [5.74, 6) is 0.728. The fraction of sp³-hybridized carbons (Fsp3) is 0.727. The van der Waals surface area contributed by atoms with Gasteiger partial charge in [0.15, 0.2) is 0 Å². The molecule has 0 aliphatic carbocycles.